The van der Waals surface area contributed by atoms with E-state index in [9.17, 15) is 4.79 Å². The van der Waals surface area contributed by atoms with E-state index in [1.165, 1.54) is 0 Å². The van der Waals surface area contributed by atoms with E-state index in [1.54, 1.807) is 6.26 Å². The second kappa shape index (κ2) is 5.06. The molecule has 3 heterocycles. The molecule has 0 spiro atoms. The molecule has 100 valence electrons. The summed E-state index contributed by atoms with van der Waals surface area (Å²) in [5, 5.41) is 8.92. The second-order valence-corrected chi connectivity index (χ2v) is 5.33. The van der Waals surface area contributed by atoms with Crippen molar-refractivity contribution in [3.63, 3.8) is 0 Å². The molecule has 3 rings (SSSR count). The molecule has 0 saturated carbocycles. The molecule has 0 aromatic carbocycles. The molecule has 2 aliphatic heterocycles. The average Bonchev–Trinajstić information content (AvgIpc) is 3.10. The standard InChI is InChI=1S/C14H17N3O2/c15-7-11-6-14(18)17(8-11)12-3-4-16(9-12)10-13-2-1-5-19-13/h1-2,5,11-12H,3-4,6,8-10H2. The van der Waals surface area contributed by atoms with Crippen molar-refractivity contribution in [1.82, 2.24) is 9.80 Å². The van der Waals surface area contributed by atoms with Crippen LogP contribution >= 0.6 is 0 Å². The number of carbonyl (C=O) groups is 1. The lowest BCUT2D eigenvalue weighted by Crippen LogP contribution is -2.38. The average molecular weight is 259 g/mol. The molecule has 0 N–H and O–H groups in total. The minimum absolute atomic E-state index is 0.119. The van der Waals surface area contributed by atoms with Crippen LogP contribution in [0, 0.1) is 17.2 Å². The predicted molar refractivity (Wildman–Crippen MR) is 67.8 cm³/mol. The van der Waals surface area contributed by atoms with Gasteiger partial charge in [0.1, 0.15) is 5.76 Å². The van der Waals surface area contributed by atoms with Gasteiger partial charge in [-0.1, -0.05) is 0 Å². The van der Waals surface area contributed by atoms with Gasteiger partial charge in [0.25, 0.3) is 0 Å². The first-order chi connectivity index (χ1) is 9.26. The Morgan fingerprint density at radius 2 is 2.37 bits per heavy atom. The van der Waals surface area contributed by atoms with E-state index in [4.69, 9.17) is 9.68 Å². The number of rotatable bonds is 3. The highest BCUT2D eigenvalue weighted by Crippen LogP contribution is 2.25. The zero-order valence-electron chi connectivity index (χ0n) is 10.8. The highest BCUT2D eigenvalue weighted by atomic mass is 16.3. The van der Waals surface area contributed by atoms with Gasteiger partial charge in [-0.2, -0.15) is 5.26 Å². The second-order valence-electron chi connectivity index (χ2n) is 5.33. The van der Waals surface area contributed by atoms with Gasteiger partial charge >= 0.3 is 0 Å². The highest BCUT2D eigenvalue weighted by molar-refractivity contribution is 5.79. The van der Waals surface area contributed by atoms with Crippen molar-refractivity contribution in [1.29, 1.82) is 5.26 Å². The summed E-state index contributed by atoms with van der Waals surface area (Å²) < 4.78 is 5.35. The first kappa shape index (κ1) is 12.2. The van der Waals surface area contributed by atoms with Gasteiger partial charge in [-0.25, -0.2) is 0 Å². The van der Waals surface area contributed by atoms with Crippen LogP contribution in [0.25, 0.3) is 0 Å². The van der Waals surface area contributed by atoms with Crippen molar-refractivity contribution < 1.29 is 9.21 Å². The zero-order chi connectivity index (χ0) is 13.2. The minimum atomic E-state index is -0.119. The van der Waals surface area contributed by atoms with Crippen LogP contribution in [-0.2, 0) is 11.3 Å². The van der Waals surface area contributed by atoms with Crippen LogP contribution in [0.2, 0.25) is 0 Å². The summed E-state index contributed by atoms with van der Waals surface area (Å²) in [5.41, 5.74) is 0. The Labute approximate surface area is 112 Å². The van der Waals surface area contributed by atoms with Gasteiger partial charge < -0.3 is 9.32 Å². The fourth-order valence-electron chi connectivity index (χ4n) is 3.00. The Hall–Kier alpha value is -1.80. The van der Waals surface area contributed by atoms with Crippen LogP contribution in [0.15, 0.2) is 22.8 Å². The van der Waals surface area contributed by atoms with Crippen LogP contribution in [0.3, 0.4) is 0 Å². The zero-order valence-corrected chi connectivity index (χ0v) is 10.8. The Morgan fingerprint density at radius 1 is 1.47 bits per heavy atom. The maximum atomic E-state index is 11.9. The fourth-order valence-corrected chi connectivity index (χ4v) is 3.00. The lowest BCUT2D eigenvalue weighted by Gasteiger charge is -2.24. The number of hydrogen-bond acceptors (Lipinski definition) is 4. The van der Waals surface area contributed by atoms with Gasteiger partial charge in [-0.15, -0.1) is 0 Å². The summed E-state index contributed by atoms with van der Waals surface area (Å²) in [6.45, 7) is 3.26. The first-order valence-electron chi connectivity index (χ1n) is 6.70. The van der Waals surface area contributed by atoms with Crippen molar-refractivity contribution in [2.24, 2.45) is 5.92 Å². The molecule has 1 amide bonds. The molecule has 19 heavy (non-hydrogen) atoms. The monoisotopic (exact) mass is 259 g/mol. The van der Waals surface area contributed by atoms with Crippen molar-refractivity contribution in [3.8, 4) is 6.07 Å². The normalized spacial score (nSPS) is 27.9. The minimum Gasteiger partial charge on any atom is -0.468 e. The first-order valence-corrected chi connectivity index (χ1v) is 6.70. The number of hydrogen-bond donors (Lipinski definition) is 0. The molecule has 0 aliphatic carbocycles. The van der Waals surface area contributed by atoms with E-state index in [-0.39, 0.29) is 17.9 Å². The summed E-state index contributed by atoms with van der Waals surface area (Å²) in [4.78, 5) is 16.1. The third kappa shape index (κ3) is 2.49. The van der Waals surface area contributed by atoms with Crippen molar-refractivity contribution in [2.45, 2.75) is 25.4 Å². The van der Waals surface area contributed by atoms with E-state index in [0.29, 0.717) is 13.0 Å². The molecule has 2 fully saturated rings. The smallest absolute Gasteiger partial charge is 0.224 e. The molecule has 5 nitrogen and oxygen atoms in total. The molecular weight excluding hydrogens is 242 g/mol. The van der Waals surface area contributed by atoms with Gasteiger partial charge in [0, 0.05) is 32.1 Å². The maximum Gasteiger partial charge on any atom is 0.224 e. The van der Waals surface area contributed by atoms with Crippen LogP contribution < -0.4 is 0 Å². The number of nitriles is 1. The molecule has 0 bridgehead atoms. The van der Waals surface area contributed by atoms with Crippen LogP contribution in [-0.4, -0.2) is 41.4 Å². The van der Waals surface area contributed by atoms with Crippen molar-refractivity contribution >= 4 is 5.91 Å². The highest BCUT2D eigenvalue weighted by Gasteiger charge is 2.37. The number of likely N-dealkylation sites (tertiary alicyclic amines) is 2. The summed E-state index contributed by atoms with van der Waals surface area (Å²) >= 11 is 0. The molecule has 5 heteroatoms. The van der Waals surface area contributed by atoms with Gasteiger partial charge in [-0.3, -0.25) is 9.69 Å². The molecule has 2 atom stereocenters. The van der Waals surface area contributed by atoms with Crippen LogP contribution in [0.1, 0.15) is 18.6 Å². The third-order valence-electron chi connectivity index (χ3n) is 3.99. The number of carbonyl (C=O) groups excluding carboxylic acids is 1. The van der Waals surface area contributed by atoms with Crippen LogP contribution in [0.5, 0.6) is 0 Å². The van der Waals surface area contributed by atoms with E-state index in [1.807, 2.05) is 17.0 Å². The number of nitrogens with zero attached hydrogens (tertiary/aromatic N) is 3. The van der Waals surface area contributed by atoms with Crippen molar-refractivity contribution in [2.75, 3.05) is 19.6 Å². The summed E-state index contributed by atoms with van der Waals surface area (Å²) in [5.74, 6) is 0.978. The fraction of sp³-hybridized carbons (Fsp3) is 0.571. The topological polar surface area (TPSA) is 60.5 Å². The quantitative estimate of drug-likeness (QED) is 0.819. The molecule has 1 aromatic rings. The third-order valence-corrected chi connectivity index (χ3v) is 3.99. The van der Waals surface area contributed by atoms with E-state index in [2.05, 4.69) is 11.0 Å². The van der Waals surface area contributed by atoms with Gasteiger partial charge in [-0.05, 0) is 18.6 Å². The molecule has 2 unspecified atom stereocenters. The van der Waals surface area contributed by atoms with E-state index < -0.39 is 0 Å². The van der Waals surface area contributed by atoms with E-state index in [0.717, 1.165) is 31.8 Å². The molecule has 1 aromatic heterocycles. The van der Waals surface area contributed by atoms with Crippen LogP contribution in [0.4, 0.5) is 0 Å². The predicted octanol–water partition coefficient (Wildman–Crippen LogP) is 1.23. The summed E-state index contributed by atoms with van der Waals surface area (Å²) in [6, 6.07) is 6.33. The van der Waals surface area contributed by atoms with Crippen molar-refractivity contribution in [3.05, 3.63) is 24.2 Å². The van der Waals surface area contributed by atoms with Gasteiger partial charge in [0.2, 0.25) is 5.91 Å². The SMILES string of the molecule is N#CC1CC(=O)N(C2CCN(Cc3ccco3)C2)C1. The van der Waals surface area contributed by atoms with E-state index >= 15 is 0 Å². The Kier molecular flexibility index (Phi) is 3.26. The molecular formula is C14H17N3O2. The molecule has 2 aliphatic rings. The summed E-state index contributed by atoms with van der Waals surface area (Å²) in [7, 11) is 0. The largest absolute Gasteiger partial charge is 0.468 e. The lowest BCUT2D eigenvalue weighted by atomic mass is 10.1. The number of furan rings is 1. The lowest BCUT2D eigenvalue weighted by molar-refractivity contribution is -0.129. The molecule has 0 radical (unpaired) electrons. The Bertz CT molecular complexity index is 491. The maximum absolute atomic E-state index is 11.9. The number of amides is 1. The van der Waals surface area contributed by atoms with Gasteiger partial charge in [0.05, 0.1) is 24.8 Å². The van der Waals surface area contributed by atoms with Gasteiger partial charge in [0.15, 0.2) is 0 Å². The Balaban J connectivity index is 1.57. The summed E-state index contributed by atoms with van der Waals surface area (Å²) in [6.07, 6.45) is 3.07. The molecule has 2 saturated heterocycles. The Morgan fingerprint density at radius 3 is 3.05 bits per heavy atom.